The summed E-state index contributed by atoms with van der Waals surface area (Å²) in [5.41, 5.74) is 0. The zero-order valence-corrected chi connectivity index (χ0v) is 13.8. The zero-order valence-electron chi connectivity index (χ0n) is 13.8. The van der Waals surface area contributed by atoms with Gasteiger partial charge >= 0.3 is 5.97 Å². The van der Waals surface area contributed by atoms with Crippen LogP contribution in [0.4, 0.5) is 0 Å². The van der Waals surface area contributed by atoms with Crippen LogP contribution >= 0.6 is 0 Å². The maximum absolute atomic E-state index is 11.8. The number of ether oxygens (including phenoxy) is 1. The minimum Gasteiger partial charge on any atom is -0.481 e. The van der Waals surface area contributed by atoms with Gasteiger partial charge in [0, 0.05) is 12.8 Å². The third-order valence-corrected chi connectivity index (χ3v) is 3.96. The van der Waals surface area contributed by atoms with Gasteiger partial charge < -0.3 is 9.84 Å². The number of ketones is 1. The predicted molar refractivity (Wildman–Crippen MR) is 86.9 cm³/mol. The van der Waals surface area contributed by atoms with Crippen molar-refractivity contribution in [1.29, 1.82) is 0 Å². The van der Waals surface area contributed by atoms with Gasteiger partial charge in [-0.25, -0.2) is 0 Å². The van der Waals surface area contributed by atoms with Crippen LogP contribution in [0.3, 0.4) is 0 Å². The molecular weight excluding hydrogens is 280 g/mol. The predicted octanol–water partition coefficient (Wildman–Crippen LogP) is 4.27. The van der Waals surface area contributed by atoms with E-state index >= 15 is 0 Å². The number of carbonyl (C=O) groups excluding carboxylic acids is 1. The van der Waals surface area contributed by atoms with E-state index in [2.05, 4.69) is 13.0 Å². The van der Waals surface area contributed by atoms with Gasteiger partial charge in [-0.3, -0.25) is 9.59 Å². The minimum atomic E-state index is -0.703. The van der Waals surface area contributed by atoms with Crippen molar-refractivity contribution in [1.82, 2.24) is 0 Å². The highest BCUT2D eigenvalue weighted by Gasteiger charge is 2.41. The van der Waals surface area contributed by atoms with Crippen molar-refractivity contribution >= 4 is 11.8 Å². The number of hydrogen-bond donors (Lipinski definition) is 1. The molecule has 0 aromatic heterocycles. The normalized spacial score (nSPS) is 20.4. The van der Waals surface area contributed by atoms with Crippen LogP contribution in [0.15, 0.2) is 12.2 Å². The van der Waals surface area contributed by atoms with Crippen LogP contribution in [-0.2, 0) is 14.3 Å². The first kappa shape index (κ1) is 18.9. The lowest BCUT2D eigenvalue weighted by atomic mass is 10.1. The van der Waals surface area contributed by atoms with Crippen molar-refractivity contribution in [2.75, 3.05) is 0 Å². The van der Waals surface area contributed by atoms with Gasteiger partial charge in [-0.2, -0.15) is 0 Å². The molecule has 0 spiro atoms. The molecule has 1 rings (SSSR count). The summed E-state index contributed by atoms with van der Waals surface area (Å²) < 4.78 is 5.40. The van der Waals surface area contributed by atoms with E-state index in [0.717, 1.165) is 57.8 Å². The lowest BCUT2D eigenvalue weighted by Crippen LogP contribution is -2.08. The van der Waals surface area contributed by atoms with Crippen molar-refractivity contribution in [3.05, 3.63) is 12.2 Å². The van der Waals surface area contributed by atoms with Crippen molar-refractivity contribution < 1.29 is 19.4 Å². The van der Waals surface area contributed by atoms with E-state index in [0.29, 0.717) is 6.42 Å². The van der Waals surface area contributed by atoms with E-state index < -0.39 is 5.97 Å². The van der Waals surface area contributed by atoms with Gasteiger partial charge in [-0.05, 0) is 25.7 Å². The number of carboxylic acids is 1. The first-order chi connectivity index (χ1) is 10.6. The first-order valence-corrected chi connectivity index (χ1v) is 8.71. The Balaban J connectivity index is 1.93. The zero-order chi connectivity index (χ0) is 16.2. The number of epoxide rings is 1. The molecule has 22 heavy (non-hydrogen) atoms. The van der Waals surface area contributed by atoms with Crippen LogP contribution in [0.2, 0.25) is 0 Å². The third-order valence-electron chi connectivity index (χ3n) is 3.96. The fraction of sp³-hybridized carbons (Fsp3) is 0.778. The molecule has 1 N–H and O–H groups in total. The molecule has 1 fully saturated rings. The molecule has 4 heteroatoms. The molecule has 1 aliphatic rings. The largest absolute Gasteiger partial charge is 0.481 e. The molecule has 1 aliphatic heterocycles. The molecule has 1 heterocycles. The summed E-state index contributed by atoms with van der Waals surface area (Å²) in [6.07, 6.45) is 14.3. The number of Topliss-reactive ketones (excluding diaryl/α,β-unsaturated/α-hetero) is 1. The second kappa shape index (κ2) is 11.4. The number of carboxylic acid groups (broad SMARTS) is 1. The Hall–Kier alpha value is -1.16. The van der Waals surface area contributed by atoms with Gasteiger partial charge in [0.15, 0.2) is 5.78 Å². The Kier molecular flexibility index (Phi) is 9.80. The second-order valence-corrected chi connectivity index (χ2v) is 6.07. The number of carbonyl (C=O) groups is 2. The summed E-state index contributed by atoms with van der Waals surface area (Å²) >= 11 is 0. The molecule has 1 saturated heterocycles. The van der Waals surface area contributed by atoms with E-state index in [1.807, 2.05) is 6.08 Å². The number of allylic oxidation sites excluding steroid dienone is 1. The fourth-order valence-corrected chi connectivity index (χ4v) is 2.52. The van der Waals surface area contributed by atoms with Crippen LogP contribution in [0.5, 0.6) is 0 Å². The maximum Gasteiger partial charge on any atom is 0.303 e. The van der Waals surface area contributed by atoms with Crippen LogP contribution in [0.25, 0.3) is 0 Å². The lowest BCUT2D eigenvalue weighted by molar-refractivity contribution is -0.137. The van der Waals surface area contributed by atoms with E-state index in [1.54, 1.807) is 0 Å². The summed E-state index contributed by atoms with van der Waals surface area (Å²) in [7, 11) is 0. The number of rotatable bonds is 14. The second-order valence-electron chi connectivity index (χ2n) is 6.07. The van der Waals surface area contributed by atoms with Gasteiger partial charge in [0.2, 0.25) is 0 Å². The first-order valence-electron chi connectivity index (χ1n) is 8.71. The lowest BCUT2D eigenvalue weighted by Gasteiger charge is -1.98. The summed E-state index contributed by atoms with van der Waals surface area (Å²) in [6, 6.07) is 0. The summed E-state index contributed by atoms with van der Waals surface area (Å²) in [5, 5.41) is 8.52. The van der Waals surface area contributed by atoms with Gasteiger partial charge in [0.05, 0.1) is 0 Å². The van der Waals surface area contributed by atoms with Crippen LogP contribution in [0, 0.1) is 0 Å². The summed E-state index contributed by atoms with van der Waals surface area (Å²) in [4.78, 5) is 22.1. The molecule has 126 valence electrons. The molecule has 0 aromatic rings. The fourth-order valence-electron chi connectivity index (χ4n) is 2.52. The van der Waals surface area contributed by atoms with Gasteiger partial charge in [-0.15, -0.1) is 0 Å². The van der Waals surface area contributed by atoms with Crippen molar-refractivity contribution in [3.63, 3.8) is 0 Å². The van der Waals surface area contributed by atoms with Gasteiger partial charge in [-0.1, -0.05) is 51.2 Å². The van der Waals surface area contributed by atoms with Gasteiger partial charge in [0.1, 0.15) is 12.2 Å². The molecular formula is C18H30O4. The number of hydrogen-bond acceptors (Lipinski definition) is 3. The highest BCUT2D eigenvalue weighted by molar-refractivity contribution is 5.86. The molecule has 0 amide bonds. The quantitative estimate of drug-likeness (QED) is 0.295. The molecule has 2 atom stereocenters. The average Bonchev–Trinajstić information content (AvgIpc) is 3.25. The van der Waals surface area contributed by atoms with Crippen LogP contribution < -0.4 is 0 Å². The topological polar surface area (TPSA) is 66.9 Å². The van der Waals surface area contributed by atoms with Crippen LogP contribution in [0.1, 0.15) is 77.6 Å². The van der Waals surface area contributed by atoms with Crippen molar-refractivity contribution in [2.45, 2.75) is 89.8 Å². The van der Waals surface area contributed by atoms with Crippen LogP contribution in [-0.4, -0.2) is 29.1 Å². The van der Waals surface area contributed by atoms with E-state index in [1.165, 1.54) is 0 Å². The van der Waals surface area contributed by atoms with E-state index in [4.69, 9.17) is 9.84 Å². The Morgan fingerprint density at radius 3 is 2.41 bits per heavy atom. The van der Waals surface area contributed by atoms with Crippen molar-refractivity contribution in [3.8, 4) is 0 Å². The van der Waals surface area contributed by atoms with Gasteiger partial charge in [0.25, 0.3) is 0 Å². The molecule has 0 aromatic carbocycles. The Morgan fingerprint density at radius 2 is 1.68 bits per heavy atom. The molecule has 0 saturated carbocycles. The molecule has 2 unspecified atom stereocenters. The molecule has 4 nitrogen and oxygen atoms in total. The Morgan fingerprint density at radius 1 is 1.00 bits per heavy atom. The third kappa shape index (κ3) is 8.98. The number of aliphatic carboxylic acids is 1. The molecule has 0 bridgehead atoms. The monoisotopic (exact) mass is 310 g/mol. The highest BCUT2D eigenvalue weighted by Crippen LogP contribution is 2.26. The standard InChI is InChI=1S/C18H30O4/c1-2-3-9-12-15(19)18-16(22-18)13-10-7-5-4-6-8-11-14-17(20)21/h10,13,16,18H,2-9,11-12,14H2,1H3,(H,20,21)/b13-10-. The minimum absolute atomic E-state index is 0.0182. The Bertz CT molecular complexity index is 362. The van der Waals surface area contributed by atoms with E-state index in [9.17, 15) is 9.59 Å². The number of unbranched alkanes of at least 4 members (excludes halogenated alkanes) is 7. The SMILES string of the molecule is CCCCCC(=O)C1OC1/C=C\CCCCCCCC(=O)O. The average molecular weight is 310 g/mol. The smallest absolute Gasteiger partial charge is 0.303 e. The molecule has 0 radical (unpaired) electrons. The van der Waals surface area contributed by atoms with Crippen molar-refractivity contribution in [2.24, 2.45) is 0 Å². The Labute approximate surface area is 133 Å². The summed E-state index contributed by atoms with van der Waals surface area (Å²) in [5.74, 6) is -0.451. The molecule has 0 aliphatic carbocycles. The maximum atomic E-state index is 11.8. The summed E-state index contributed by atoms with van der Waals surface area (Å²) in [6.45, 7) is 2.13. The van der Waals surface area contributed by atoms with E-state index in [-0.39, 0.29) is 24.4 Å². The highest BCUT2D eigenvalue weighted by atomic mass is 16.6.